The van der Waals surface area contributed by atoms with Crippen molar-refractivity contribution in [3.63, 3.8) is 0 Å². The van der Waals surface area contributed by atoms with Crippen LogP contribution in [0.3, 0.4) is 0 Å². The Morgan fingerprint density at radius 3 is 2.52 bits per heavy atom. The molecule has 0 radical (unpaired) electrons. The molecule has 4 nitrogen and oxygen atoms in total. The zero-order valence-corrected chi connectivity index (χ0v) is 14.0. The lowest BCUT2D eigenvalue weighted by molar-refractivity contribution is 0.189. The molecule has 2 aliphatic rings. The quantitative estimate of drug-likeness (QED) is 0.913. The standard InChI is InChI=1S/C18H23ClN4/c19-15-1-3-18(4-2-15)23-13-14(12-21-23)11-20-16-7-9-22(10-8-16)17-5-6-17/h1-4,12-13,16-17,20H,5-11H2. The Bertz CT molecular complexity index is 639. The first-order valence-corrected chi connectivity index (χ1v) is 8.93. The van der Waals surface area contributed by atoms with Gasteiger partial charge in [0.25, 0.3) is 0 Å². The van der Waals surface area contributed by atoms with E-state index in [0.29, 0.717) is 6.04 Å². The van der Waals surface area contributed by atoms with Crippen LogP contribution in [0.2, 0.25) is 5.02 Å². The summed E-state index contributed by atoms with van der Waals surface area (Å²) in [6.45, 7) is 3.40. The Hall–Kier alpha value is -1.36. The molecular formula is C18H23ClN4. The minimum absolute atomic E-state index is 0.642. The van der Waals surface area contributed by atoms with E-state index in [0.717, 1.165) is 23.3 Å². The van der Waals surface area contributed by atoms with E-state index in [9.17, 15) is 0 Å². The van der Waals surface area contributed by atoms with Crippen molar-refractivity contribution in [1.29, 1.82) is 0 Å². The predicted octanol–water partition coefficient (Wildman–Crippen LogP) is 3.24. The van der Waals surface area contributed by atoms with Gasteiger partial charge >= 0.3 is 0 Å². The van der Waals surface area contributed by atoms with Crippen LogP contribution in [0.4, 0.5) is 0 Å². The lowest BCUT2D eigenvalue weighted by Gasteiger charge is -2.32. The second-order valence-electron chi connectivity index (χ2n) is 6.69. The number of rotatable bonds is 5. The third-order valence-electron chi connectivity index (χ3n) is 4.91. The van der Waals surface area contributed by atoms with Crippen LogP contribution in [0.25, 0.3) is 5.69 Å². The van der Waals surface area contributed by atoms with Gasteiger partial charge in [-0.05, 0) is 63.0 Å². The molecule has 1 aromatic carbocycles. The zero-order chi connectivity index (χ0) is 15.6. The Labute approximate surface area is 142 Å². The Balaban J connectivity index is 1.29. The monoisotopic (exact) mass is 330 g/mol. The molecule has 122 valence electrons. The molecule has 0 atom stereocenters. The second-order valence-corrected chi connectivity index (χ2v) is 7.13. The molecule has 2 aromatic rings. The highest BCUT2D eigenvalue weighted by atomic mass is 35.5. The molecule has 1 aliphatic carbocycles. The molecule has 2 fully saturated rings. The van der Waals surface area contributed by atoms with Crippen molar-refractivity contribution in [2.45, 2.75) is 44.3 Å². The van der Waals surface area contributed by atoms with Gasteiger partial charge in [0.05, 0.1) is 11.9 Å². The SMILES string of the molecule is Clc1ccc(-n2cc(CNC3CCN(C4CC4)CC3)cn2)cc1. The van der Waals surface area contributed by atoms with Crippen LogP contribution in [0, 0.1) is 0 Å². The van der Waals surface area contributed by atoms with Crippen LogP contribution in [-0.4, -0.2) is 39.9 Å². The highest BCUT2D eigenvalue weighted by molar-refractivity contribution is 6.30. The average molecular weight is 331 g/mol. The second kappa shape index (κ2) is 6.63. The van der Waals surface area contributed by atoms with Gasteiger partial charge in [-0.3, -0.25) is 0 Å². The first-order valence-electron chi connectivity index (χ1n) is 8.55. The summed E-state index contributed by atoms with van der Waals surface area (Å²) in [4.78, 5) is 2.66. The number of hydrogen-bond acceptors (Lipinski definition) is 3. The number of nitrogens with one attached hydrogen (secondary N) is 1. The predicted molar refractivity (Wildman–Crippen MR) is 93.0 cm³/mol. The van der Waals surface area contributed by atoms with Crippen LogP contribution in [-0.2, 0) is 6.54 Å². The topological polar surface area (TPSA) is 33.1 Å². The summed E-state index contributed by atoms with van der Waals surface area (Å²) in [7, 11) is 0. The molecule has 0 spiro atoms. The van der Waals surface area contributed by atoms with Gasteiger partial charge in [-0.1, -0.05) is 11.6 Å². The number of piperidine rings is 1. The third-order valence-corrected chi connectivity index (χ3v) is 5.17. The molecule has 23 heavy (non-hydrogen) atoms. The average Bonchev–Trinajstić information content (AvgIpc) is 3.33. The molecule has 1 saturated heterocycles. The molecular weight excluding hydrogens is 308 g/mol. The summed E-state index contributed by atoms with van der Waals surface area (Å²) in [5.74, 6) is 0. The Kier molecular flexibility index (Phi) is 4.38. The fourth-order valence-corrected chi connectivity index (χ4v) is 3.48. The number of aromatic nitrogens is 2. The number of nitrogens with zero attached hydrogens (tertiary/aromatic N) is 3. The van der Waals surface area contributed by atoms with Gasteiger partial charge in [0, 0.05) is 35.4 Å². The van der Waals surface area contributed by atoms with Crippen molar-refractivity contribution >= 4 is 11.6 Å². The van der Waals surface area contributed by atoms with Crippen molar-refractivity contribution in [3.05, 3.63) is 47.2 Å². The fraction of sp³-hybridized carbons (Fsp3) is 0.500. The molecule has 4 rings (SSSR count). The Morgan fingerprint density at radius 1 is 1.09 bits per heavy atom. The van der Waals surface area contributed by atoms with Crippen LogP contribution in [0.15, 0.2) is 36.7 Å². The van der Waals surface area contributed by atoms with E-state index < -0.39 is 0 Å². The fourth-order valence-electron chi connectivity index (χ4n) is 3.36. The normalized spacial score (nSPS) is 20.0. The minimum atomic E-state index is 0.642. The van der Waals surface area contributed by atoms with Crippen molar-refractivity contribution < 1.29 is 0 Å². The van der Waals surface area contributed by atoms with Crippen LogP contribution < -0.4 is 5.32 Å². The molecule has 0 bridgehead atoms. The first-order chi connectivity index (χ1) is 11.3. The summed E-state index contributed by atoms with van der Waals surface area (Å²) in [6, 6.07) is 9.31. The maximum Gasteiger partial charge on any atom is 0.0646 e. The lowest BCUT2D eigenvalue weighted by Crippen LogP contribution is -2.43. The van der Waals surface area contributed by atoms with Crippen LogP contribution in [0.5, 0.6) is 0 Å². The maximum absolute atomic E-state index is 5.93. The van der Waals surface area contributed by atoms with Gasteiger partial charge in [0.1, 0.15) is 0 Å². The smallest absolute Gasteiger partial charge is 0.0646 e. The van der Waals surface area contributed by atoms with Gasteiger partial charge < -0.3 is 10.2 Å². The third kappa shape index (κ3) is 3.77. The molecule has 0 amide bonds. The van der Waals surface area contributed by atoms with E-state index in [-0.39, 0.29) is 0 Å². The molecule has 1 N–H and O–H groups in total. The zero-order valence-electron chi connectivity index (χ0n) is 13.3. The largest absolute Gasteiger partial charge is 0.310 e. The van der Waals surface area contributed by atoms with E-state index in [1.165, 1.54) is 44.3 Å². The molecule has 5 heteroatoms. The van der Waals surface area contributed by atoms with Crippen molar-refractivity contribution in [1.82, 2.24) is 20.0 Å². The number of likely N-dealkylation sites (tertiary alicyclic amines) is 1. The summed E-state index contributed by atoms with van der Waals surface area (Å²) in [5.41, 5.74) is 2.27. The van der Waals surface area contributed by atoms with Gasteiger partial charge in [-0.2, -0.15) is 5.10 Å². The van der Waals surface area contributed by atoms with Gasteiger partial charge in [-0.15, -0.1) is 0 Å². The van der Waals surface area contributed by atoms with E-state index >= 15 is 0 Å². The lowest BCUT2D eigenvalue weighted by atomic mass is 10.0. The van der Waals surface area contributed by atoms with Crippen molar-refractivity contribution in [2.24, 2.45) is 0 Å². The summed E-state index contributed by atoms with van der Waals surface area (Å²) < 4.78 is 1.91. The van der Waals surface area contributed by atoms with Gasteiger partial charge in [0.15, 0.2) is 0 Å². The van der Waals surface area contributed by atoms with E-state index in [2.05, 4.69) is 21.5 Å². The molecule has 1 saturated carbocycles. The molecule has 1 aliphatic heterocycles. The minimum Gasteiger partial charge on any atom is -0.310 e. The summed E-state index contributed by atoms with van der Waals surface area (Å²) >= 11 is 5.93. The summed E-state index contributed by atoms with van der Waals surface area (Å²) in [6.07, 6.45) is 9.41. The number of halogens is 1. The maximum atomic E-state index is 5.93. The summed E-state index contributed by atoms with van der Waals surface area (Å²) in [5, 5.41) is 8.89. The molecule has 1 aromatic heterocycles. The van der Waals surface area contributed by atoms with Gasteiger partial charge in [0.2, 0.25) is 0 Å². The highest BCUT2D eigenvalue weighted by Gasteiger charge is 2.31. The molecule has 2 heterocycles. The Morgan fingerprint density at radius 2 is 1.83 bits per heavy atom. The number of hydrogen-bond donors (Lipinski definition) is 1. The van der Waals surface area contributed by atoms with E-state index in [1.54, 1.807) is 0 Å². The van der Waals surface area contributed by atoms with E-state index in [1.807, 2.05) is 35.1 Å². The van der Waals surface area contributed by atoms with Crippen LogP contribution in [0.1, 0.15) is 31.2 Å². The first kappa shape index (κ1) is 15.2. The van der Waals surface area contributed by atoms with Gasteiger partial charge in [-0.25, -0.2) is 4.68 Å². The van der Waals surface area contributed by atoms with Crippen molar-refractivity contribution in [2.75, 3.05) is 13.1 Å². The number of benzene rings is 1. The molecule has 0 unspecified atom stereocenters. The highest BCUT2D eigenvalue weighted by Crippen LogP contribution is 2.29. The van der Waals surface area contributed by atoms with E-state index in [4.69, 9.17) is 11.6 Å². The van der Waals surface area contributed by atoms with Crippen molar-refractivity contribution in [3.8, 4) is 5.69 Å². The van der Waals surface area contributed by atoms with Crippen LogP contribution >= 0.6 is 11.6 Å².